The highest BCUT2D eigenvalue weighted by atomic mass is 32.2. The molecule has 3 N–H and O–H groups in total. The number of carbonyl (C=O) groups is 1. The van der Waals surface area contributed by atoms with Crippen molar-refractivity contribution in [1.82, 2.24) is 20.2 Å². The molecule has 28 heavy (non-hydrogen) atoms. The molecule has 2 aromatic rings. The van der Waals surface area contributed by atoms with Crippen molar-refractivity contribution in [2.24, 2.45) is 5.14 Å². The van der Waals surface area contributed by atoms with E-state index in [2.05, 4.69) is 25.1 Å². The molecule has 0 bridgehead atoms. The maximum atomic E-state index is 12.1. The molecular weight excluding hydrogens is 380 g/mol. The van der Waals surface area contributed by atoms with Gasteiger partial charge in [-0.25, -0.2) is 23.5 Å². The molecule has 0 aliphatic carbocycles. The zero-order valence-electron chi connectivity index (χ0n) is 15.5. The lowest BCUT2D eigenvalue weighted by molar-refractivity contribution is -0.121. The second-order valence-electron chi connectivity index (χ2n) is 6.59. The van der Waals surface area contributed by atoms with Crippen LogP contribution in [-0.4, -0.2) is 61.9 Å². The standard InChI is InChI=1S/C18H24N6O3S/c19-28(26,27)16-4-2-15(3-5-16)14-22-17(25)6-9-23-10-12-24(13-11-23)18-20-7-1-8-21-18/h1-5,7-8H,6,9-14H2,(H,22,25)(H2,19,26,27). The number of nitrogens with zero attached hydrogens (tertiary/aromatic N) is 4. The first-order valence-electron chi connectivity index (χ1n) is 9.04. The van der Waals surface area contributed by atoms with Crippen molar-refractivity contribution < 1.29 is 13.2 Å². The largest absolute Gasteiger partial charge is 0.352 e. The van der Waals surface area contributed by atoms with Crippen LogP contribution in [0.15, 0.2) is 47.6 Å². The average molecular weight is 404 g/mol. The molecule has 3 rings (SSSR count). The number of anilines is 1. The summed E-state index contributed by atoms with van der Waals surface area (Å²) < 4.78 is 22.5. The van der Waals surface area contributed by atoms with Crippen LogP contribution in [0, 0.1) is 0 Å². The van der Waals surface area contributed by atoms with Gasteiger partial charge >= 0.3 is 0 Å². The number of primary sulfonamides is 1. The lowest BCUT2D eigenvalue weighted by atomic mass is 10.2. The monoisotopic (exact) mass is 404 g/mol. The topological polar surface area (TPSA) is 122 Å². The molecule has 2 heterocycles. The van der Waals surface area contributed by atoms with Crippen LogP contribution in [0.2, 0.25) is 0 Å². The Kier molecular flexibility index (Phi) is 6.55. The van der Waals surface area contributed by atoms with Gasteiger partial charge in [0.2, 0.25) is 21.9 Å². The number of carbonyl (C=O) groups excluding carboxylic acids is 1. The molecule has 1 amide bonds. The number of hydrogen-bond donors (Lipinski definition) is 2. The zero-order chi connectivity index (χ0) is 20.0. The average Bonchev–Trinajstić information content (AvgIpc) is 2.71. The molecule has 1 aromatic carbocycles. The maximum Gasteiger partial charge on any atom is 0.238 e. The third kappa shape index (κ3) is 5.72. The minimum atomic E-state index is -3.70. The summed E-state index contributed by atoms with van der Waals surface area (Å²) in [5.74, 6) is 0.706. The van der Waals surface area contributed by atoms with Gasteiger partial charge < -0.3 is 10.2 Å². The molecule has 1 fully saturated rings. The van der Waals surface area contributed by atoms with E-state index in [1.807, 2.05) is 0 Å². The van der Waals surface area contributed by atoms with Gasteiger partial charge in [-0.2, -0.15) is 0 Å². The van der Waals surface area contributed by atoms with Crippen molar-refractivity contribution in [3.05, 3.63) is 48.3 Å². The van der Waals surface area contributed by atoms with Crippen LogP contribution in [0.4, 0.5) is 5.95 Å². The number of benzene rings is 1. The fourth-order valence-electron chi connectivity index (χ4n) is 2.97. The molecule has 150 valence electrons. The van der Waals surface area contributed by atoms with Crippen LogP contribution in [0.3, 0.4) is 0 Å². The maximum absolute atomic E-state index is 12.1. The van der Waals surface area contributed by atoms with Gasteiger partial charge in [0, 0.05) is 58.1 Å². The fraction of sp³-hybridized carbons (Fsp3) is 0.389. The number of piperazine rings is 1. The van der Waals surface area contributed by atoms with Crippen molar-refractivity contribution in [2.45, 2.75) is 17.9 Å². The molecule has 0 radical (unpaired) electrons. The van der Waals surface area contributed by atoms with E-state index >= 15 is 0 Å². The van der Waals surface area contributed by atoms with E-state index in [0.29, 0.717) is 19.5 Å². The van der Waals surface area contributed by atoms with E-state index in [1.54, 1.807) is 30.6 Å². The first-order chi connectivity index (χ1) is 13.4. The van der Waals surface area contributed by atoms with E-state index < -0.39 is 10.0 Å². The van der Waals surface area contributed by atoms with Crippen LogP contribution in [0.25, 0.3) is 0 Å². The van der Waals surface area contributed by atoms with Crippen LogP contribution >= 0.6 is 0 Å². The number of nitrogens with two attached hydrogens (primary N) is 1. The van der Waals surface area contributed by atoms with Crippen molar-refractivity contribution in [2.75, 3.05) is 37.6 Å². The van der Waals surface area contributed by atoms with Crippen molar-refractivity contribution in [3.8, 4) is 0 Å². The second-order valence-corrected chi connectivity index (χ2v) is 8.15. The van der Waals surface area contributed by atoms with Crippen molar-refractivity contribution in [1.29, 1.82) is 0 Å². The van der Waals surface area contributed by atoms with Gasteiger partial charge in [0.15, 0.2) is 0 Å². The highest BCUT2D eigenvalue weighted by Crippen LogP contribution is 2.10. The highest BCUT2D eigenvalue weighted by Gasteiger charge is 2.19. The Hall–Kier alpha value is -2.56. The number of hydrogen-bond acceptors (Lipinski definition) is 7. The first kappa shape index (κ1) is 20.2. The zero-order valence-corrected chi connectivity index (χ0v) is 16.3. The molecule has 1 aliphatic heterocycles. The minimum absolute atomic E-state index is 0.0376. The number of rotatable bonds is 7. The van der Waals surface area contributed by atoms with Gasteiger partial charge in [-0.1, -0.05) is 12.1 Å². The number of amides is 1. The Bertz CT molecular complexity index is 881. The molecule has 1 saturated heterocycles. The Morgan fingerprint density at radius 3 is 2.32 bits per heavy atom. The Morgan fingerprint density at radius 1 is 1.07 bits per heavy atom. The molecule has 0 saturated carbocycles. The van der Waals surface area contributed by atoms with Gasteiger partial charge in [-0.3, -0.25) is 9.69 Å². The lowest BCUT2D eigenvalue weighted by Gasteiger charge is -2.34. The number of nitrogens with one attached hydrogen (secondary N) is 1. The van der Waals surface area contributed by atoms with Crippen molar-refractivity contribution in [3.63, 3.8) is 0 Å². The quantitative estimate of drug-likeness (QED) is 0.664. The Balaban J connectivity index is 1.37. The molecule has 1 aromatic heterocycles. The third-order valence-electron chi connectivity index (χ3n) is 4.60. The van der Waals surface area contributed by atoms with E-state index in [0.717, 1.165) is 37.7 Å². The predicted octanol–water partition coefficient (Wildman–Crippen LogP) is -0.0475. The summed E-state index contributed by atoms with van der Waals surface area (Å²) in [4.78, 5) is 25.1. The highest BCUT2D eigenvalue weighted by molar-refractivity contribution is 7.89. The van der Waals surface area contributed by atoms with Crippen LogP contribution < -0.4 is 15.4 Å². The summed E-state index contributed by atoms with van der Waals surface area (Å²) in [6.45, 7) is 4.44. The third-order valence-corrected chi connectivity index (χ3v) is 5.53. The minimum Gasteiger partial charge on any atom is -0.352 e. The van der Waals surface area contributed by atoms with E-state index in [-0.39, 0.29) is 10.8 Å². The summed E-state index contributed by atoms with van der Waals surface area (Å²) in [7, 11) is -3.70. The SMILES string of the molecule is NS(=O)(=O)c1ccc(CNC(=O)CCN2CCN(c3ncccn3)CC2)cc1. The number of aromatic nitrogens is 2. The molecular formula is C18H24N6O3S. The normalized spacial score (nSPS) is 15.4. The molecule has 0 atom stereocenters. The van der Waals surface area contributed by atoms with Gasteiger partial charge in [-0.15, -0.1) is 0 Å². The van der Waals surface area contributed by atoms with E-state index in [4.69, 9.17) is 5.14 Å². The molecule has 1 aliphatic rings. The van der Waals surface area contributed by atoms with Crippen LogP contribution in [-0.2, 0) is 21.4 Å². The summed E-state index contributed by atoms with van der Waals surface area (Å²) in [5.41, 5.74) is 0.817. The smallest absolute Gasteiger partial charge is 0.238 e. The summed E-state index contributed by atoms with van der Waals surface area (Å²) >= 11 is 0. The summed E-state index contributed by atoms with van der Waals surface area (Å²) in [6.07, 6.45) is 3.89. The Labute approximate surface area is 164 Å². The van der Waals surface area contributed by atoms with Crippen molar-refractivity contribution >= 4 is 21.9 Å². The fourth-order valence-corrected chi connectivity index (χ4v) is 3.49. The summed E-state index contributed by atoms with van der Waals surface area (Å²) in [6, 6.07) is 7.96. The van der Waals surface area contributed by atoms with Gasteiger partial charge in [0.25, 0.3) is 0 Å². The van der Waals surface area contributed by atoms with Gasteiger partial charge in [0.05, 0.1) is 4.90 Å². The van der Waals surface area contributed by atoms with Gasteiger partial charge in [0.1, 0.15) is 0 Å². The first-order valence-corrected chi connectivity index (χ1v) is 10.6. The molecule has 0 unspecified atom stereocenters. The molecule has 9 nitrogen and oxygen atoms in total. The van der Waals surface area contributed by atoms with Crippen LogP contribution in [0.5, 0.6) is 0 Å². The summed E-state index contributed by atoms with van der Waals surface area (Å²) in [5, 5.41) is 7.92. The van der Waals surface area contributed by atoms with Crippen LogP contribution in [0.1, 0.15) is 12.0 Å². The lowest BCUT2D eigenvalue weighted by Crippen LogP contribution is -2.47. The predicted molar refractivity (Wildman–Crippen MR) is 105 cm³/mol. The number of sulfonamides is 1. The second kappa shape index (κ2) is 9.09. The van der Waals surface area contributed by atoms with Gasteiger partial charge in [-0.05, 0) is 23.8 Å². The molecule has 10 heteroatoms. The Morgan fingerprint density at radius 2 is 1.71 bits per heavy atom. The van der Waals surface area contributed by atoms with E-state index in [1.165, 1.54) is 12.1 Å². The van der Waals surface area contributed by atoms with E-state index in [9.17, 15) is 13.2 Å². The molecule has 0 spiro atoms.